The number of ether oxygens (including phenoxy) is 1. The maximum atomic E-state index is 12.1. The van der Waals surface area contributed by atoms with Crippen LogP contribution in [0.15, 0.2) is 18.3 Å². The maximum absolute atomic E-state index is 12.1. The van der Waals surface area contributed by atoms with Crippen LogP contribution in [0.5, 0.6) is 5.88 Å². The van der Waals surface area contributed by atoms with Crippen LogP contribution in [0.1, 0.15) is 39.0 Å². The van der Waals surface area contributed by atoms with Crippen LogP contribution in [-0.2, 0) is 20.0 Å². The Morgan fingerprint density at radius 2 is 2.13 bits per heavy atom. The van der Waals surface area contributed by atoms with E-state index in [-0.39, 0.29) is 23.7 Å². The molecule has 0 bridgehead atoms. The van der Waals surface area contributed by atoms with Gasteiger partial charge in [0.05, 0.1) is 30.5 Å². The van der Waals surface area contributed by atoms with E-state index in [4.69, 9.17) is 9.84 Å². The molecular weight excluding hydrogens is 300 g/mol. The van der Waals surface area contributed by atoms with E-state index >= 15 is 0 Å². The number of nitrogens with zero attached hydrogens (tertiary/aromatic N) is 3. The van der Waals surface area contributed by atoms with Gasteiger partial charge in [0.15, 0.2) is 0 Å². The van der Waals surface area contributed by atoms with E-state index in [1.54, 1.807) is 18.8 Å². The van der Waals surface area contributed by atoms with Gasteiger partial charge < -0.3 is 15.2 Å². The summed E-state index contributed by atoms with van der Waals surface area (Å²) in [6.45, 7) is 2.24. The van der Waals surface area contributed by atoms with E-state index in [2.05, 4.69) is 15.4 Å². The third-order valence-electron chi connectivity index (χ3n) is 3.37. The number of methoxy groups -OCH3 is 1. The highest BCUT2D eigenvalue weighted by atomic mass is 16.5. The highest BCUT2D eigenvalue weighted by molar-refractivity contribution is 5.94. The Morgan fingerprint density at radius 3 is 2.65 bits per heavy atom. The summed E-state index contributed by atoms with van der Waals surface area (Å²) in [6.07, 6.45) is 1.96. The van der Waals surface area contributed by atoms with Crippen molar-refractivity contribution in [1.29, 1.82) is 0 Å². The van der Waals surface area contributed by atoms with Gasteiger partial charge >= 0.3 is 5.97 Å². The molecule has 0 unspecified atom stereocenters. The molecule has 0 spiro atoms. The number of aromatic nitrogens is 3. The van der Waals surface area contributed by atoms with E-state index in [0.29, 0.717) is 5.88 Å². The molecule has 0 atom stereocenters. The zero-order chi connectivity index (χ0) is 17.0. The van der Waals surface area contributed by atoms with Crippen molar-refractivity contribution in [2.75, 3.05) is 7.11 Å². The van der Waals surface area contributed by atoms with Crippen LogP contribution in [0, 0.1) is 0 Å². The first kappa shape index (κ1) is 16.5. The standard InChI is InChI=1S/C15H18N4O4/c1-4-11-10(14(23-3)19(2)18-11)8-17-13(20)9-5-6-12(15(21)22)16-7-9/h5-7H,4,8H2,1-3H3,(H,17,20)(H,21,22). The molecule has 0 saturated carbocycles. The summed E-state index contributed by atoms with van der Waals surface area (Å²) in [5.41, 5.74) is 1.85. The third kappa shape index (κ3) is 3.47. The fourth-order valence-electron chi connectivity index (χ4n) is 2.25. The molecule has 2 aromatic heterocycles. The van der Waals surface area contributed by atoms with Gasteiger partial charge in [0.25, 0.3) is 5.91 Å². The number of carboxylic acid groups (broad SMARTS) is 1. The van der Waals surface area contributed by atoms with Gasteiger partial charge in [-0.1, -0.05) is 6.92 Å². The van der Waals surface area contributed by atoms with E-state index in [0.717, 1.165) is 17.7 Å². The van der Waals surface area contributed by atoms with E-state index in [9.17, 15) is 9.59 Å². The summed E-state index contributed by atoms with van der Waals surface area (Å²) in [5, 5.41) is 15.9. The second-order valence-corrected chi connectivity index (χ2v) is 4.83. The molecule has 1 amide bonds. The smallest absolute Gasteiger partial charge is 0.354 e. The van der Waals surface area contributed by atoms with Crippen molar-refractivity contribution >= 4 is 11.9 Å². The van der Waals surface area contributed by atoms with Crippen LogP contribution >= 0.6 is 0 Å². The molecule has 0 radical (unpaired) electrons. The topological polar surface area (TPSA) is 106 Å². The van der Waals surface area contributed by atoms with Crippen LogP contribution in [-0.4, -0.2) is 38.9 Å². The van der Waals surface area contributed by atoms with Crippen LogP contribution in [0.3, 0.4) is 0 Å². The SMILES string of the molecule is CCc1nn(C)c(OC)c1CNC(=O)c1ccc(C(=O)O)nc1. The van der Waals surface area contributed by atoms with Gasteiger partial charge in [-0.25, -0.2) is 14.5 Å². The molecule has 0 aliphatic carbocycles. The molecule has 0 fully saturated rings. The van der Waals surface area contributed by atoms with Gasteiger partial charge in [0, 0.05) is 13.2 Å². The van der Waals surface area contributed by atoms with Crippen molar-refractivity contribution in [2.45, 2.75) is 19.9 Å². The summed E-state index contributed by atoms with van der Waals surface area (Å²) < 4.78 is 6.94. The minimum Gasteiger partial charge on any atom is -0.481 e. The average Bonchev–Trinajstić information content (AvgIpc) is 2.87. The van der Waals surface area contributed by atoms with Crippen LogP contribution in [0.4, 0.5) is 0 Å². The Morgan fingerprint density at radius 1 is 1.39 bits per heavy atom. The molecule has 2 heterocycles. The molecule has 23 heavy (non-hydrogen) atoms. The number of pyridine rings is 1. The average molecular weight is 318 g/mol. The molecule has 0 aromatic carbocycles. The molecular formula is C15H18N4O4. The van der Waals surface area contributed by atoms with Gasteiger partial charge in [0.2, 0.25) is 5.88 Å². The predicted octanol–water partition coefficient (Wildman–Crippen LogP) is 1.01. The summed E-state index contributed by atoms with van der Waals surface area (Å²) in [4.78, 5) is 26.6. The Balaban J connectivity index is 2.11. The van der Waals surface area contributed by atoms with E-state index in [1.165, 1.54) is 18.3 Å². The largest absolute Gasteiger partial charge is 0.481 e. The normalized spacial score (nSPS) is 10.4. The molecule has 122 valence electrons. The number of carbonyl (C=O) groups is 2. The lowest BCUT2D eigenvalue weighted by atomic mass is 10.2. The number of aryl methyl sites for hydroxylation is 2. The van der Waals surface area contributed by atoms with Crippen molar-refractivity contribution in [3.8, 4) is 5.88 Å². The lowest BCUT2D eigenvalue weighted by molar-refractivity contribution is 0.0689. The fraction of sp³-hybridized carbons (Fsp3) is 0.333. The number of carboxylic acids is 1. The number of hydrogen-bond acceptors (Lipinski definition) is 5. The quantitative estimate of drug-likeness (QED) is 0.823. The highest BCUT2D eigenvalue weighted by Crippen LogP contribution is 2.21. The Bertz CT molecular complexity index is 722. The highest BCUT2D eigenvalue weighted by Gasteiger charge is 2.17. The van der Waals surface area contributed by atoms with Gasteiger partial charge in [-0.3, -0.25) is 4.79 Å². The van der Waals surface area contributed by atoms with Gasteiger partial charge in [-0.2, -0.15) is 5.10 Å². The van der Waals surface area contributed by atoms with Crippen molar-refractivity contribution in [1.82, 2.24) is 20.1 Å². The Kier molecular flexibility index (Phi) is 4.95. The number of rotatable bonds is 6. The summed E-state index contributed by atoms with van der Waals surface area (Å²) >= 11 is 0. The molecule has 8 heteroatoms. The molecule has 0 aliphatic rings. The second-order valence-electron chi connectivity index (χ2n) is 4.83. The van der Waals surface area contributed by atoms with Crippen molar-refractivity contribution in [2.24, 2.45) is 7.05 Å². The lowest BCUT2D eigenvalue weighted by Crippen LogP contribution is -2.23. The molecule has 2 N–H and O–H groups in total. The van der Waals surface area contributed by atoms with Crippen LogP contribution in [0.25, 0.3) is 0 Å². The number of hydrogen-bond donors (Lipinski definition) is 2. The first-order chi connectivity index (χ1) is 11.0. The van der Waals surface area contributed by atoms with Crippen LogP contribution in [0.2, 0.25) is 0 Å². The monoisotopic (exact) mass is 318 g/mol. The van der Waals surface area contributed by atoms with Crippen molar-refractivity contribution in [3.63, 3.8) is 0 Å². The van der Waals surface area contributed by atoms with Gasteiger partial charge in [0.1, 0.15) is 5.69 Å². The fourth-order valence-corrected chi connectivity index (χ4v) is 2.25. The van der Waals surface area contributed by atoms with Gasteiger partial charge in [-0.15, -0.1) is 0 Å². The van der Waals surface area contributed by atoms with E-state index < -0.39 is 5.97 Å². The third-order valence-corrected chi connectivity index (χ3v) is 3.37. The van der Waals surface area contributed by atoms with E-state index in [1.807, 2.05) is 6.92 Å². The summed E-state index contributed by atoms with van der Waals surface area (Å²) in [6, 6.07) is 2.71. The molecule has 0 saturated heterocycles. The van der Waals surface area contributed by atoms with Crippen molar-refractivity contribution in [3.05, 3.63) is 40.8 Å². The Hall–Kier alpha value is -2.90. The maximum Gasteiger partial charge on any atom is 0.354 e. The molecule has 0 aliphatic heterocycles. The second kappa shape index (κ2) is 6.91. The zero-order valence-electron chi connectivity index (χ0n) is 13.2. The summed E-state index contributed by atoms with van der Waals surface area (Å²) in [5.74, 6) is -0.881. The first-order valence-electron chi connectivity index (χ1n) is 7.04. The number of aromatic carboxylic acids is 1. The first-order valence-corrected chi connectivity index (χ1v) is 7.04. The molecule has 2 aromatic rings. The number of nitrogens with one attached hydrogen (secondary N) is 1. The van der Waals surface area contributed by atoms with Crippen molar-refractivity contribution < 1.29 is 19.4 Å². The minimum absolute atomic E-state index is 0.108. The number of amides is 1. The molecule has 2 rings (SSSR count). The minimum atomic E-state index is -1.13. The Labute approximate surface area is 133 Å². The zero-order valence-corrected chi connectivity index (χ0v) is 13.2. The summed E-state index contributed by atoms with van der Waals surface area (Å²) in [7, 11) is 3.33. The molecule has 8 nitrogen and oxygen atoms in total. The van der Waals surface area contributed by atoms with Gasteiger partial charge in [-0.05, 0) is 18.6 Å². The van der Waals surface area contributed by atoms with Crippen LogP contribution < -0.4 is 10.1 Å². The lowest BCUT2D eigenvalue weighted by Gasteiger charge is -2.07. The number of carbonyl (C=O) groups excluding carboxylic acids is 1. The predicted molar refractivity (Wildman–Crippen MR) is 81.5 cm³/mol.